The summed E-state index contributed by atoms with van der Waals surface area (Å²) in [4.78, 5) is 26.0. The second-order valence-corrected chi connectivity index (χ2v) is 7.17. The summed E-state index contributed by atoms with van der Waals surface area (Å²) < 4.78 is 10.8. The summed E-state index contributed by atoms with van der Waals surface area (Å²) in [5.74, 6) is 0.201. The maximum absolute atomic E-state index is 12.2. The number of hydrogen-bond acceptors (Lipinski definition) is 5. The third kappa shape index (κ3) is 4.96. The van der Waals surface area contributed by atoms with Crippen LogP contribution in [0.25, 0.3) is 11.0 Å². The number of carbonyl (C=O) groups is 1. The predicted molar refractivity (Wildman–Crippen MR) is 116 cm³/mol. The largest absolute Gasteiger partial charge is 0.484 e. The lowest BCUT2D eigenvalue weighted by molar-refractivity contribution is -0.118. The number of fused-ring (bicyclic) bond motifs is 1. The standard InChI is InChI=1S/C23H26N2O4/c1-5-25(15(2)3)18-8-6-17(7-9-18)24-22(26)14-28-19-10-11-20-16(4)12-23(27)29-21(20)13-19/h6-13,15H,5,14H2,1-4H3,(H,24,26). The number of hydrogen-bond donors (Lipinski definition) is 1. The minimum atomic E-state index is -0.410. The summed E-state index contributed by atoms with van der Waals surface area (Å²) in [5.41, 5.74) is 2.69. The highest BCUT2D eigenvalue weighted by Crippen LogP contribution is 2.23. The Morgan fingerprint density at radius 1 is 1.14 bits per heavy atom. The van der Waals surface area contributed by atoms with Gasteiger partial charge in [0.15, 0.2) is 6.61 Å². The van der Waals surface area contributed by atoms with Gasteiger partial charge in [-0.25, -0.2) is 4.79 Å². The number of amides is 1. The van der Waals surface area contributed by atoms with Crippen molar-refractivity contribution in [2.75, 3.05) is 23.4 Å². The lowest BCUT2D eigenvalue weighted by Crippen LogP contribution is -2.30. The first-order chi connectivity index (χ1) is 13.9. The van der Waals surface area contributed by atoms with E-state index < -0.39 is 5.63 Å². The molecule has 1 amide bonds. The van der Waals surface area contributed by atoms with Gasteiger partial charge < -0.3 is 19.4 Å². The normalized spacial score (nSPS) is 10.9. The average Bonchev–Trinajstić information content (AvgIpc) is 2.67. The van der Waals surface area contributed by atoms with Crippen molar-refractivity contribution in [1.82, 2.24) is 0 Å². The Balaban J connectivity index is 1.61. The summed E-state index contributed by atoms with van der Waals surface area (Å²) in [5, 5.41) is 3.66. The second kappa shape index (κ2) is 8.82. The monoisotopic (exact) mass is 394 g/mol. The molecule has 29 heavy (non-hydrogen) atoms. The van der Waals surface area contributed by atoms with Crippen LogP contribution in [0.3, 0.4) is 0 Å². The molecule has 0 aliphatic carbocycles. The van der Waals surface area contributed by atoms with Gasteiger partial charge in [-0.3, -0.25) is 4.79 Å². The molecule has 0 spiro atoms. The first kappa shape index (κ1) is 20.5. The minimum Gasteiger partial charge on any atom is -0.484 e. The van der Waals surface area contributed by atoms with E-state index in [1.165, 1.54) is 6.07 Å². The Morgan fingerprint density at radius 2 is 1.86 bits per heavy atom. The lowest BCUT2D eigenvalue weighted by Gasteiger charge is -2.27. The van der Waals surface area contributed by atoms with Crippen LogP contribution in [0.4, 0.5) is 11.4 Å². The van der Waals surface area contributed by atoms with Crippen molar-refractivity contribution >= 4 is 28.3 Å². The van der Waals surface area contributed by atoms with Crippen molar-refractivity contribution in [2.45, 2.75) is 33.7 Å². The van der Waals surface area contributed by atoms with Gasteiger partial charge in [0.1, 0.15) is 11.3 Å². The Hall–Kier alpha value is -3.28. The SMILES string of the molecule is CCN(c1ccc(NC(=O)COc2ccc3c(C)cc(=O)oc3c2)cc1)C(C)C. The van der Waals surface area contributed by atoms with Crippen molar-refractivity contribution in [3.8, 4) is 5.75 Å². The van der Waals surface area contributed by atoms with E-state index in [1.807, 2.05) is 37.3 Å². The highest BCUT2D eigenvalue weighted by molar-refractivity contribution is 5.92. The first-order valence-electron chi connectivity index (χ1n) is 9.71. The Morgan fingerprint density at radius 3 is 2.52 bits per heavy atom. The van der Waals surface area contributed by atoms with Gasteiger partial charge in [-0.15, -0.1) is 0 Å². The predicted octanol–water partition coefficient (Wildman–Crippen LogP) is 4.35. The van der Waals surface area contributed by atoms with Gasteiger partial charge in [0, 0.05) is 41.5 Å². The molecule has 0 aliphatic rings. The highest BCUT2D eigenvalue weighted by atomic mass is 16.5. The number of benzene rings is 2. The molecule has 1 N–H and O–H groups in total. The Kier molecular flexibility index (Phi) is 6.22. The topological polar surface area (TPSA) is 71.8 Å². The van der Waals surface area contributed by atoms with Crippen molar-refractivity contribution in [2.24, 2.45) is 0 Å². The molecule has 1 heterocycles. The zero-order valence-electron chi connectivity index (χ0n) is 17.2. The molecule has 0 saturated carbocycles. The van der Waals surface area contributed by atoms with Crippen LogP contribution in [0, 0.1) is 6.92 Å². The van der Waals surface area contributed by atoms with Crippen molar-refractivity contribution in [1.29, 1.82) is 0 Å². The molecule has 1 aromatic heterocycles. The van der Waals surface area contributed by atoms with Crippen LogP contribution in [0.1, 0.15) is 26.3 Å². The smallest absolute Gasteiger partial charge is 0.336 e. The second-order valence-electron chi connectivity index (χ2n) is 7.17. The fourth-order valence-corrected chi connectivity index (χ4v) is 3.32. The number of nitrogens with one attached hydrogen (secondary N) is 1. The van der Waals surface area contributed by atoms with Gasteiger partial charge in [0.2, 0.25) is 0 Å². The maximum atomic E-state index is 12.2. The fraction of sp³-hybridized carbons (Fsp3) is 0.304. The highest BCUT2D eigenvalue weighted by Gasteiger charge is 2.10. The van der Waals surface area contributed by atoms with Crippen molar-refractivity contribution in [3.05, 3.63) is 64.5 Å². The average molecular weight is 394 g/mol. The van der Waals surface area contributed by atoms with Gasteiger partial charge >= 0.3 is 5.63 Å². The third-order valence-corrected chi connectivity index (χ3v) is 4.74. The Labute approximate surface area is 170 Å². The molecular weight excluding hydrogens is 368 g/mol. The molecule has 6 heteroatoms. The lowest BCUT2D eigenvalue weighted by atomic mass is 10.1. The maximum Gasteiger partial charge on any atom is 0.336 e. The molecule has 152 valence electrons. The molecule has 0 radical (unpaired) electrons. The molecule has 6 nitrogen and oxygen atoms in total. The molecule has 0 aliphatic heterocycles. The summed E-state index contributed by atoms with van der Waals surface area (Å²) in [6, 6.07) is 14.8. The van der Waals surface area contributed by atoms with Crippen LogP contribution in [-0.4, -0.2) is 25.1 Å². The quantitative estimate of drug-likeness (QED) is 0.603. The van der Waals surface area contributed by atoms with E-state index in [1.54, 1.807) is 12.1 Å². The van der Waals surface area contributed by atoms with E-state index in [0.29, 0.717) is 23.1 Å². The van der Waals surface area contributed by atoms with Gasteiger partial charge in [0.25, 0.3) is 5.91 Å². The number of carbonyl (C=O) groups excluding carboxylic acids is 1. The Bertz CT molecular complexity index is 1050. The molecule has 0 unspecified atom stereocenters. The van der Waals surface area contributed by atoms with E-state index in [2.05, 4.69) is 31.0 Å². The number of nitrogens with zero attached hydrogens (tertiary/aromatic N) is 1. The number of anilines is 2. The van der Waals surface area contributed by atoms with E-state index >= 15 is 0 Å². The van der Waals surface area contributed by atoms with Gasteiger partial charge in [-0.2, -0.15) is 0 Å². The van der Waals surface area contributed by atoms with Crippen LogP contribution in [-0.2, 0) is 4.79 Å². The van der Waals surface area contributed by atoms with E-state index in [9.17, 15) is 9.59 Å². The summed E-state index contributed by atoms with van der Waals surface area (Å²) in [7, 11) is 0. The number of ether oxygens (including phenoxy) is 1. The molecule has 0 fully saturated rings. The van der Waals surface area contributed by atoms with Crippen molar-refractivity contribution in [3.63, 3.8) is 0 Å². The summed E-state index contributed by atoms with van der Waals surface area (Å²) >= 11 is 0. The molecule has 2 aromatic carbocycles. The van der Waals surface area contributed by atoms with E-state index in [-0.39, 0.29) is 12.5 Å². The van der Waals surface area contributed by atoms with Crippen LogP contribution in [0.5, 0.6) is 5.75 Å². The van der Waals surface area contributed by atoms with Crippen molar-refractivity contribution < 1.29 is 13.9 Å². The van der Waals surface area contributed by atoms with Gasteiger partial charge in [-0.1, -0.05) is 0 Å². The zero-order valence-corrected chi connectivity index (χ0v) is 17.2. The van der Waals surface area contributed by atoms with Crippen LogP contribution in [0.2, 0.25) is 0 Å². The molecule has 0 saturated heterocycles. The van der Waals surface area contributed by atoms with Crippen LogP contribution < -0.4 is 20.6 Å². The summed E-state index contributed by atoms with van der Waals surface area (Å²) in [6.07, 6.45) is 0. The molecule has 0 atom stereocenters. The van der Waals surface area contributed by atoms with E-state index in [0.717, 1.165) is 23.2 Å². The van der Waals surface area contributed by atoms with Gasteiger partial charge in [0.05, 0.1) is 0 Å². The number of aryl methyl sites for hydroxylation is 1. The van der Waals surface area contributed by atoms with Crippen LogP contribution in [0.15, 0.2) is 57.7 Å². The fourth-order valence-electron chi connectivity index (χ4n) is 3.32. The molecule has 3 aromatic rings. The van der Waals surface area contributed by atoms with Gasteiger partial charge in [-0.05, 0) is 69.7 Å². The summed E-state index contributed by atoms with van der Waals surface area (Å²) in [6.45, 7) is 9.04. The third-order valence-electron chi connectivity index (χ3n) is 4.74. The minimum absolute atomic E-state index is 0.142. The number of rotatable bonds is 7. The molecular formula is C23H26N2O4. The van der Waals surface area contributed by atoms with E-state index in [4.69, 9.17) is 9.15 Å². The molecule has 3 rings (SSSR count). The van der Waals surface area contributed by atoms with Crippen LogP contribution >= 0.6 is 0 Å². The zero-order chi connectivity index (χ0) is 21.0. The first-order valence-corrected chi connectivity index (χ1v) is 9.71. The molecule has 0 bridgehead atoms.